The molecule has 0 aromatic carbocycles. The van der Waals surface area contributed by atoms with Crippen LogP contribution in [0.25, 0.3) is 0 Å². The first kappa shape index (κ1) is 15.4. The number of esters is 1. The van der Waals surface area contributed by atoms with Crippen molar-refractivity contribution in [2.75, 3.05) is 6.61 Å². The van der Waals surface area contributed by atoms with Gasteiger partial charge in [0.05, 0.1) is 6.61 Å². The van der Waals surface area contributed by atoms with E-state index in [1.54, 1.807) is 0 Å². The minimum absolute atomic E-state index is 0.0378. The maximum Gasteiger partial charge on any atom is 0.305 e. The van der Waals surface area contributed by atoms with E-state index in [2.05, 4.69) is 6.92 Å². The van der Waals surface area contributed by atoms with Gasteiger partial charge in [0.1, 0.15) is 0 Å². The molecule has 4 fully saturated rings. The first-order valence-electron chi connectivity index (χ1n) is 9.35. The molecule has 0 heterocycles. The van der Waals surface area contributed by atoms with Crippen molar-refractivity contribution in [1.82, 2.24) is 0 Å². The molecule has 0 unspecified atom stereocenters. The predicted octanol–water partition coefficient (Wildman–Crippen LogP) is 5.11. The van der Waals surface area contributed by atoms with Crippen LogP contribution in [0.5, 0.6) is 0 Å². The molecule has 0 aromatic rings. The minimum atomic E-state index is 0.0378. The lowest BCUT2D eigenvalue weighted by atomic mass is 9.48. The zero-order valence-corrected chi connectivity index (χ0v) is 13.7. The molecule has 21 heavy (non-hydrogen) atoms. The van der Waals surface area contributed by atoms with Gasteiger partial charge in [0.25, 0.3) is 0 Å². The minimum Gasteiger partial charge on any atom is -0.466 e. The highest BCUT2D eigenvalue weighted by molar-refractivity contribution is 5.69. The maximum atomic E-state index is 11.8. The number of rotatable bonds is 8. The van der Waals surface area contributed by atoms with Crippen LogP contribution >= 0.6 is 0 Å². The van der Waals surface area contributed by atoms with Crippen LogP contribution in [0.2, 0.25) is 0 Å². The topological polar surface area (TPSA) is 26.3 Å². The molecule has 0 atom stereocenters. The van der Waals surface area contributed by atoms with E-state index >= 15 is 0 Å². The van der Waals surface area contributed by atoms with E-state index in [0.717, 1.165) is 30.6 Å². The Balaban J connectivity index is 1.36. The molecule has 4 aliphatic rings. The summed E-state index contributed by atoms with van der Waals surface area (Å²) in [5.41, 5.74) is 0.622. The Labute approximate surface area is 130 Å². The molecule has 0 aromatic heterocycles. The summed E-state index contributed by atoms with van der Waals surface area (Å²) in [6.45, 7) is 2.80. The standard InChI is InChI=1S/C19H32O2/c1-2-3-4-8-21-18(20)6-5-7-19-12-15-9-16(13-19)11-17(10-15)14-19/h15-17H,2-14H2,1H3. The zero-order valence-electron chi connectivity index (χ0n) is 13.7. The van der Waals surface area contributed by atoms with E-state index in [1.807, 2.05) is 0 Å². The molecule has 0 amide bonds. The highest BCUT2D eigenvalue weighted by Crippen LogP contribution is 2.61. The number of hydrogen-bond donors (Lipinski definition) is 0. The first-order chi connectivity index (χ1) is 10.2. The van der Waals surface area contributed by atoms with E-state index in [-0.39, 0.29) is 5.97 Å². The smallest absolute Gasteiger partial charge is 0.305 e. The molecule has 4 saturated carbocycles. The number of ether oxygens (including phenoxy) is 1. The number of unbranched alkanes of at least 4 members (excludes halogenated alkanes) is 2. The second-order valence-corrected chi connectivity index (χ2v) is 8.20. The van der Waals surface area contributed by atoms with Gasteiger partial charge in [-0.05, 0) is 81.0 Å². The normalized spacial score (nSPS) is 36.9. The van der Waals surface area contributed by atoms with Crippen molar-refractivity contribution in [3.63, 3.8) is 0 Å². The quantitative estimate of drug-likeness (QED) is 0.459. The summed E-state index contributed by atoms with van der Waals surface area (Å²) >= 11 is 0. The van der Waals surface area contributed by atoms with Gasteiger partial charge < -0.3 is 4.74 Å². The molecule has 0 saturated heterocycles. The van der Waals surface area contributed by atoms with Gasteiger partial charge in [-0.2, -0.15) is 0 Å². The fourth-order valence-electron chi connectivity index (χ4n) is 5.81. The van der Waals surface area contributed by atoms with Crippen molar-refractivity contribution in [3.8, 4) is 0 Å². The molecule has 0 aliphatic heterocycles. The highest BCUT2D eigenvalue weighted by Gasteiger charge is 2.50. The SMILES string of the molecule is CCCCCOC(=O)CCCC12CC3CC(CC(C3)C1)C2. The van der Waals surface area contributed by atoms with Crippen molar-refractivity contribution in [2.45, 2.75) is 84.0 Å². The average molecular weight is 292 g/mol. The van der Waals surface area contributed by atoms with E-state index < -0.39 is 0 Å². The summed E-state index contributed by atoms with van der Waals surface area (Å²) in [5.74, 6) is 3.11. The number of hydrogen-bond acceptors (Lipinski definition) is 2. The molecule has 120 valence electrons. The van der Waals surface area contributed by atoms with Crippen LogP contribution in [-0.2, 0) is 9.53 Å². The Morgan fingerprint density at radius 2 is 1.62 bits per heavy atom. The third kappa shape index (κ3) is 3.81. The van der Waals surface area contributed by atoms with Gasteiger partial charge in [0.15, 0.2) is 0 Å². The van der Waals surface area contributed by atoms with Crippen molar-refractivity contribution in [2.24, 2.45) is 23.2 Å². The van der Waals surface area contributed by atoms with Gasteiger partial charge in [-0.25, -0.2) is 0 Å². The van der Waals surface area contributed by atoms with E-state index in [9.17, 15) is 4.79 Å². The zero-order chi connectivity index (χ0) is 14.7. The molecule has 4 aliphatic carbocycles. The molecule has 4 rings (SSSR count). The summed E-state index contributed by atoms with van der Waals surface area (Å²) in [6.07, 6.45) is 15.3. The predicted molar refractivity (Wildman–Crippen MR) is 84.9 cm³/mol. The molecule has 2 heteroatoms. The van der Waals surface area contributed by atoms with Crippen molar-refractivity contribution < 1.29 is 9.53 Å². The lowest BCUT2D eigenvalue weighted by Gasteiger charge is -2.57. The van der Waals surface area contributed by atoms with Gasteiger partial charge in [0, 0.05) is 6.42 Å². The maximum absolute atomic E-state index is 11.8. The molecule has 0 N–H and O–H groups in total. The molecule has 2 nitrogen and oxygen atoms in total. The lowest BCUT2D eigenvalue weighted by Crippen LogP contribution is -2.45. The Bertz CT molecular complexity index is 325. The summed E-state index contributed by atoms with van der Waals surface area (Å²) in [5, 5.41) is 0. The van der Waals surface area contributed by atoms with Crippen LogP contribution in [0.1, 0.15) is 84.0 Å². The van der Waals surface area contributed by atoms with Gasteiger partial charge >= 0.3 is 5.97 Å². The van der Waals surface area contributed by atoms with Crippen molar-refractivity contribution >= 4 is 5.97 Å². The van der Waals surface area contributed by atoms with Gasteiger partial charge in [-0.3, -0.25) is 4.79 Å². The van der Waals surface area contributed by atoms with Gasteiger partial charge in [0.2, 0.25) is 0 Å². The number of carbonyl (C=O) groups is 1. The first-order valence-corrected chi connectivity index (χ1v) is 9.35. The van der Waals surface area contributed by atoms with Crippen molar-refractivity contribution in [1.29, 1.82) is 0 Å². The van der Waals surface area contributed by atoms with Crippen LogP contribution in [0.4, 0.5) is 0 Å². The summed E-state index contributed by atoms with van der Waals surface area (Å²) in [7, 11) is 0. The third-order valence-electron chi connectivity index (χ3n) is 6.26. The second-order valence-electron chi connectivity index (χ2n) is 8.20. The van der Waals surface area contributed by atoms with Crippen LogP contribution in [0, 0.1) is 23.2 Å². The Kier molecular flexibility index (Phi) is 4.91. The van der Waals surface area contributed by atoms with Crippen LogP contribution in [0.3, 0.4) is 0 Å². The molecular weight excluding hydrogens is 260 g/mol. The average Bonchev–Trinajstić information content (AvgIpc) is 2.42. The highest BCUT2D eigenvalue weighted by atomic mass is 16.5. The second kappa shape index (κ2) is 6.71. The summed E-state index contributed by atoms with van der Waals surface area (Å²) in [6, 6.07) is 0. The molecule has 0 radical (unpaired) electrons. The van der Waals surface area contributed by atoms with Crippen LogP contribution in [0.15, 0.2) is 0 Å². The summed E-state index contributed by atoms with van der Waals surface area (Å²) in [4.78, 5) is 11.8. The Morgan fingerprint density at radius 3 is 2.19 bits per heavy atom. The number of carbonyl (C=O) groups excluding carboxylic acids is 1. The molecule has 0 spiro atoms. The largest absolute Gasteiger partial charge is 0.466 e. The van der Waals surface area contributed by atoms with Crippen molar-refractivity contribution in [3.05, 3.63) is 0 Å². The van der Waals surface area contributed by atoms with E-state index in [0.29, 0.717) is 18.4 Å². The van der Waals surface area contributed by atoms with Crippen LogP contribution < -0.4 is 0 Å². The summed E-state index contributed by atoms with van der Waals surface area (Å²) < 4.78 is 5.33. The lowest BCUT2D eigenvalue weighted by molar-refractivity contribution is -0.144. The fraction of sp³-hybridized carbons (Fsp3) is 0.947. The Hall–Kier alpha value is -0.530. The Morgan fingerprint density at radius 1 is 1.00 bits per heavy atom. The van der Waals surface area contributed by atoms with Gasteiger partial charge in [-0.1, -0.05) is 19.8 Å². The van der Waals surface area contributed by atoms with E-state index in [4.69, 9.17) is 4.74 Å². The fourth-order valence-corrected chi connectivity index (χ4v) is 5.81. The molecule has 4 bridgehead atoms. The monoisotopic (exact) mass is 292 g/mol. The van der Waals surface area contributed by atoms with Crippen LogP contribution in [-0.4, -0.2) is 12.6 Å². The third-order valence-corrected chi connectivity index (χ3v) is 6.26. The van der Waals surface area contributed by atoms with Gasteiger partial charge in [-0.15, -0.1) is 0 Å². The molecular formula is C19H32O2. The van der Waals surface area contributed by atoms with E-state index in [1.165, 1.54) is 57.8 Å².